The minimum absolute atomic E-state index is 0.232. The second-order valence-electron chi connectivity index (χ2n) is 2.11. The molecule has 1 amide bonds. The molecule has 0 aliphatic rings. The maximum absolute atomic E-state index is 10.2. The average Bonchev–Trinajstić information content (AvgIpc) is 1.83. The van der Waals surface area contributed by atoms with E-state index in [1.807, 2.05) is 0 Å². The number of carbonyl (C=O) groups excluding carboxylic acids is 1. The van der Waals surface area contributed by atoms with Gasteiger partial charge in [0.05, 0.1) is 5.75 Å². The Labute approximate surface area is 75.5 Å². The first-order chi connectivity index (χ1) is 5.42. The molecule has 3 N–H and O–H groups in total. The summed E-state index contributed by atoms with van der Waals surface area (Å²) in [6, 6.07) is 0. The molecule has 0 aromatic carbocycles. The first-order valence-corrected chi connectivity index (χ1v) is 5.99. The molecule has 0 aliphatic heterocycles. The van der Waals surface area contributed by atoms with Crippen molar-refractivity contribution in [3.05, 3.63) is 0 Å². The molecule has 0 radical (unpaired) electrons. The summed E-state index contributed by atoms with van der Waals surface area (Å²) in [4.78, 5) is 10.2. The molecule has 0 spiro atoms. The van der Waals surface area contributed by atoms with Crippen molar-refractivity contribution in [2.45, 2.75) is 6.42 Å². The molecule has 0 aromatic heterocycles. The van der Waals surface area contributed by atoms with Crippen molar-refractivity contribution < 1.29 is 17.8 Å². The lowest BCUT2D eigenvalue weighted by Gasteiger charge is -1.96. The smallest absolute Gasteiger partial charge is 0.265 e. The molecular formula is C5H11NO4S2. The summed E-state index contributed by atoms with van der Waals surface area (Å²) in [5.74, 6) is 0.0854. The largest absolute Gasteiger partial charge is 0.370 e. The summed E-state index contributed by atoms with van der Waals surface area (Å²) in [5.41, 5.74) is 4.84. The zero-order valence-electron chi connectivity index (χ0n) is 6.39. The standard InChI is InChI=1S/C5H11NO4S2/c6-5(7)1-2-11-3-4-12(8,9)10/h1-4H2,(H2,6,7)(H,8,9,10). The molecule has 0 aromatic rings. The number of rotatable bonds is 6. The Morgan fingerprint density at radius 3 is 2.42 bits per heavy atom. The minimum Gasteiger partial charge on any atom is -0.370 e. The predicted octanol–water partition coefficient (Wildman–Crippen LogP) is -0.517. The van der Waals surface area contributed by atoms with Crippen molar-refractivity contribution in [2.24, 2.45) is 5.73 Å². The first-order valence-electron chi connectivity index (χ1n) is 3.23. The zero-order valence-corrected chi connectivity index (χ0v) is 8.03. The van der Waals surface area contributed by atoms with Crippen LogP contribution in [0.15, 0.2) is 0 Å². The van der Waals surface area contributed by atoms with Crippen molar-refractivity contribution >= 4 is 27.8 Å². The summed E-state index contributed by atoms with van der Waals surface area (Å²) in [6.07, 6.45) is 0.232. The van der Waals surface area contributed by atoms with Gasteiger partial charge in [0.1, 0.15) is 0 Å². The Balaban J connectivity index is 3.29. The Kier molecular flexibility index (Phi) is 5.27. The van der Waals surface area contributed by atoms with Crippen LogP contribution in [0.3, 0.4) is 0 Å². The van der Waals surface area contributed by atoms with Crippen molar-refractivity contribution in [3.63, 3.8) is 0 Å². The van der Waals surface area contributed by atoms with Gasteiger partial charge in [-0.15, -0.1) is 0 Å². The van der Waals surface area contributed by atoms with Crippen molar-refractivity contribution in [3.8, 4) is 0 Å². The van der Waals surface area contributed by atoms with E-state index in [4.69, 9.17) is 10.3 Å². The van der Waals surface area contributed by atoms with Crippen molar-refractivity contribution in [2.75, 3.05) is 17.3 Å². The number of hydrogen-bond acceptors (Lipinski definition) is 4. The maximum atomic E-state index is 10.2. The Morgan fingerprint density at radius 1 is 1.42 bits per heavy atom. The van der Waals surface area contributed by atoms with Gasteiger partial charge in [-0.1, -0.05) is 0 Å². The van der Waals surface area contributed by atoms with Gasteiger partial charge in [-0.05, 0) is 0 Å². The summed E-state index contributed by atoms with van der Waals surface area (Å²) in [6.45, 7) is 0. The van der Waals surface area contributed by atoms with Gasteiger partial charge in [0, 0.05) is 17.9 Å². The normalized spacial score (nSPS) is 11.4. The van der Waals surface area contributed by atoms with Crippen LogP contribution in [0.25, 0.3) is 0 Å². The SMILES string of the molecule is NC(=O)CCSCCS(=O)(=O)O. The highest BCUT2D eigenvalue weighted by molar-refractivity contribution is 8.00. The van der Waals surface area contributed by atoms with Crippen LogP contribution in [-0.2, 0) is 14.9 Å². The molecule has 0 rings (SSSR count). The van der Waals surface area contributed by atoms with Crippen LogP contribution in [0.5, 0.6) is 0 Å². The van der Waals surface area contributed by atoms with E-state index >= 15 is 0 Å². The zero-order chi connectivity index (χ0) is 9.61. The van der Waals surface area contributed by atoms with Gasteiger partial charge >= 0.3 is 0 Å². The van der Waals surface area contributed by atoms with E-state index in [1.165, 1.54) is 11.8 Å². The molecule has 0 unspecified atom stereocenters. The highest BCUT2D eigenvalue weighted by Gasteiger charge is 2.03. The monoisotopic (exact) mass is 213 g/mol. The molecule has 0 saturated carbocycles. The van der Waals surface area contributed by atoms with Crippen LogP contribution in [0.4, 0.5) is 0 Å². The van der Waals surface area contributed by atoms with Crippen LogP contribution in [0.2, 0.25) is 0 Å². The van der Waals surface area contributed by atoms with Gasteiger partial charge in [-0.25, -0.2) is 0 Å². The molecule has 5 nitrogen and oxygen atoms in total. The third-order valence-electron chi connectivity index (χ3n) is 0.978. The van der Waals surface area contributed by atoms with Crippen LogP contribution < -0.4 is 5.73 Å². The quantitative estimate of drug-likeness (QED) is 0.457. The number of amides is 1. The van der Waals surface area contributed by atoms with Gasteiger partial charge < -0.3 is 5.73 Å². The molecule has 0 heterocycles. The lowest BCUT2D eigenvalue weighted by molar-refractivity contribution is -0.117. The third-order valence-corrected chi connectivity index (χ3v) is 2.94. The Morgan fingerprint density at radius 2 is 2.00 bits per heavy atom. The fraction of sp³-hybridized carbons (Fsp3) is 0.800. The topological polar surface area (TPSA) is 97.5 Å². The average molecular weight is 213 g/mol. The Bertz CT molecular complexity index is 236. The van der Waals surface area contributed by atoms with E-state index in [1.54, 1.807) is 0 Å². The van der Waals surface area contributed by atoms with Gasteiger partial charge in [0.15, 0.2) is 0 Å². The summed E-state index contributed by atoms with van der Waals surface area (Å²) < 4.78 is 28.7. The van der Waals surface area contributed by atoms with Crippen molar-refractivity contribution in [1.29, 1.82) is 0 Å². The summed E-state index contributed by atoms with van der Waals surface area (Å²) in [5, 5.41) is 0. The maximum Gasteiger partial charge on any atom is 0.265 e. The van der Waals surface area contributed by atoms with Gasteiger partial charge in [-0.3, -0.25) is 9.35 Å². The summed E-state index contributed by atoms with van der Waals surface area (Å²) >= 11 is 1.27. The lowest BCUT2D eigenvalue weighted by atomic mass is 10.5. The molecule has 0 bridgehead atoms. The molecule has 0 atom stereocenters. The summed E-state index contributed by atoms with van der Waals surface area (Å²) in [7, 11) is -3.86. The fourth-order valence-electron chi connectivity index (χ4n) is 0.439. The second kappa shape index (κ2) is 5.39. The van der Waals surface area contributed by atoms with Gasteiger partial charge in [-0.2, -0.15) is 20.2 Å². The predicted molar refractivity (Wildman–Crippen MR) is 47.6 cm³/mol. The van der Waals surface area contributed by atoms with Gasteiger partial charge in [0.25, 0.3) is 10.1 Å². The number of thioether (sulfide) groups is 1. The van der Waals surface area contributed by atoms with E-state index in [-0.39, 0.29) is 17.9 Å². The first kappa shape index (κ1) is 11.7. The van der Waals surface area contributed by atoms with E-state index in [0.29, 0.717) is 5.75 Å². The number of nitrogens with two attached hydrogens (primary N) is 1. The lowest BCUT2D eigenvalue weighted by Crippen LogP contribution is -2.12. The van der Waals surface area contributed by atoms with Gasteiger partial charge in [0.2, 0.25) is 5.91 Å². The van der Waals surface area contributed by atoms with Crippen LogP contribution in [0, 0.1) is 0 Å². The van der Waals surface area contributed by atoms with E-state index in [2.05, 4.69) is 0 Å². The van der Waals surface area contributed by atoms with E-state index < -0.39 is 16.0 Å². The second-order valence-corrected chi connectivity index (χ2v) is 4.91. The van der Waals surface area contributed by atoms with Crippen LogP contribution in [-0.4, -0.2) is 36.1 Å². The Hall–Kier alpha value is -0.270. The van der Waals surface area contributed by atoms with E-state index in [0.717, 1.165) is 0 Å². The molecular weight excluding hydrogens is 202 g/mol. The number of carbonyl (C=O) groups is 1. The molecule has 0 saturated heterocycles. The highest BCUT2D eigenvalue weighted by Crippen LogP contribution is 2.02. The van der Waals surface area contributed by atoms with Crippen LogP contribution in [0.1, 0.15) is 6.42 Å². The minimum atomic E-state index is -3.86. The molecule has 12 heavy (non-hydrogen) atoms. The van der Waals surface area contributed by atoms with Crippen LogP contribution >= 0.6 is 11.8 Å². The molecule has 7 heteroatoms. The third kappa shape index (κ3) is 9.73. The fourth-order valence-corrected chi connectivity index (χ4v) is 2.30. The number of hydrogen-bond donors (Lipinski definition) is 2. The highest BCUT2D eigenvalue weighted by atomic mass is 32.2. The van der Waals surface area contributed by atoms with Crippen molar-refractivity contribution in [1.82, 2.24) is 0 Å². The van der Waals surface area contributed by atoms with E-state index in [9.17, 15) is 13.2 Å². The molecule has 0 aliphatic carbocycles. The number of primary amides is 1. The molecule has 0 fully saturated rings. The molecule has 72 valence electrons.